The number of aryl methyl sites for hydroxylation is 2. The lowest BCUT2D eigenvalue weighted by molar-refractivity contribution is 0.0470. The average Bonchev–Trinajstić information content (AvgIpc) is 2.70. The van der Waals surface area contributed by atoms with Crippen molar-refractivity contribution in [2.75, 3.05) is 12.4 Å². The number of nitrogens with one attached hydrogen (secondary N) is 1. The molecule has 2 rings (SSSR count). The van der Waals surface area contributed by atoms with E-state index in [1.807, 2.05) is 7.05 Å². The van der Waals surface area contributed by atoms with Gasteiger partial charge < -0.3 is 10.1 Å². The summed E-state index contributed by atoms with van der Waals surface area (Å²) >= 11 is 1.72. The van der Waals surface area contributed by atoms with Crippen LogP contribution in [0.5, 0.6) is 0 Å². The summed E-state index contributed by atoms with van der Waals surface area (Å²) in [4.78, 5) is 11.5. The fraction of sp³-hybridized carbons (Fsp3) is 0.571. The molecule has 4 nitrogen and oxygen atoms in total. The van der Waals surface area contributed by atoms with Crippen molar-refractivity contribution in [2.24, 2.45) is 0 Å². The lowest BCUT2D eigenvalue weighted by atomic mass is 10.2. The highest BCUT2D eigenvalue weighted by molar-refractivity contribution is 7.18. The minimum absolute atomic E-state index is 0.240. The van der Waals surface area contributed by atoms with E-state index in [0.29, 0.717) is 6.61 Å². The summed E-state index contributed by atoms with van der Waals surface area (Å²) in [6.07, 6.45) is 1.24. The molecule has 2 heterocycles. The van der Waals surface area contributed by atoms with Gasteiger partial charge in [0.15, 0.2) is 5.82 Å². The van der Waals surface area contributed by atoms with Crippen LogP contribution in [0.4, 0.5) is 5.82 Å². The van der Waals surface area contributed by atoms with Crippen molar-refractivity contribution in [3.05, 3.63) is 16.3 Å². The number of hydrogen-bond donors (Lipinski definition) is 1. The zero-order valence-corrected chi connectivity index (χ0v) is 13.0. The fourth-order valence-corrected chi connectivity index (χ4v) is 2.92. The van der Waals surface area contributed by atoms with Crippen LogP contribution in [0.2, 0.25) is 0 Å². The van der Waals surface area contributed by atoms with E-state index in [4.69, 9.17) is 4.74 Å². The fourth-order valence-electron chi connectivity index (χ4n) is 1.87. The summed E-state index contributed by atoms with van der Waals surface area (Å²) in [5.74, 6) is 1.65. The van der Waals surface area contributed by atoms with Gasteiger partial charge >= 0.3 is 0 Å². The lowest BCUT2D eigenvalue weighted by Crippen LogP contribution is -2.09. The third kappa shape index (κ3) is 2.87. The maximum absolute atomic E-state index is 5.71. The SMILES string of the molecule is CCC(C)OCc1nc(NC)c2c(C)c(C)sc2n1. The van der Waals surface area contributed by atoms with Crippen LogP contribution in [0.25, 0.3) is 10.2 Å². The van der Waals surface area contributed by atoms with E-state index in [2.05, 4.69) is 43.0 Å². The van der Waals surface area contributed by atoms with Crippen molar-refractivity contribution in [1.82, 2.24) is 9.97 Å². The maximum Gasteiger partial charge on any atom is 0.158 e. The molecular formula is C14H21N3OS. The summed E-state index contributed by atoms with van der Waals surface area (Å²) in [6.45, 7) is 8.89. The summed E-state index contributed by atoms with van der Waals surface area (Å²) in [5, 5.41) is 4.30. The molecule has 0 aliphatic rings. The standard InChI is InChI=1S/C14H21N3OS/c1-6-8(2)18-7-11-16-13(15-5)12-9(3)10(4)19-14(12)17-11/h8H,6-7H2,1-5H3,(H,15,16,17). The van der Waals surface area contributed by atoms with E-state index < -0.39 is 0 Å². The molecule has 0 amide bonds. The summed E-state index contributed by atoms with van der Waals surface area (Å²) < 4.78 is 5.71. The lowest BCUT2D eigenvalue weighted by Gasteiger charge is -2.10. The highest BCUT2D eigenvalue weighted by Gasteiger charge is 2.14. The Balaban J connectivity index is 2.37. The minimum atomic E-state index is 0.240. The van der Waals surface area contributed by atoms with E-state index in [-0.39, 0.29) is 6.10 Å². The summed E-state index contributed by atoms with van der Waals surface area (Å²) in [5.41, 5.74) is 1.26. The van der Waals surface area contributed by atoms with E-state index in [1.54, 1.807) is 11.3 Å². The van der Waals surface area contributed by atoms with Crippen molar-refractivity contribution < 1.29 is 4.74 Å². The zero-order valence-electron chi connectivity index (χ0n) is 12.2. The molecule has 0 bridgehead atoms. The van der Waals surface area contributed by atoms with Crippen LogP contribution < -0.4 is 5.32 Å². The van der Waals surface area contributed by atoms with Gasteiger partial charge in [-0.2, -0.15) is 0 Å². The van der Waals surface area contributed by atoms with Gasteiger partial charge in [-0.05, 0) is 32.8 Å². The second kappa shape index (κ2) is 5.84. The van der Waals surface area contributed by atoms with Crippen molar-refractivity contribution in [3.63, 3.8) is 0 Å². The number of nitrogens with zero attached hydrogens (tertiary/aromatic N) is 2. The van der Waals surface area contributed by atoms with Crippen LogP contribution in [0.1, 0.15) is 36.5 Å². The third-order valence-corrected chi connectivity index (χ3v) is 4.48. The molecule has 0 aliphatic heterocycles. The van der Waals surface area contributed by atoms with Gasteiger partial charge in [-0.25, -0.2) is 9.97 Å². The normalized spacial score (nSPS) is 12.9. The first-order valence-corrected chi connectivity index (χ1v) is 7.44. The van der Waals surface area contributed by atoms with Crippen LogP contribution in [0, 0.1) is 13.8 Å². The van der Waals surface area contributed by atoms with Crippen LogP contribution >= 0.6 is 11.3 Å². The summed E-state index contributed by atoms with van der Waals surface area (Å²) in [6, 6.07) is 0. The van der Waals surface area contributed by atoms with Crippen molar-refractivity contribution in [2.45, 2.75) is 46.8 Å². The second-order valence-electron chi connectivity index (χ2n) is 4.73. The van der Waals surface area contributed by atoms with E-state index >= 15 is 0 Å². The molecule has 0 radical (unpaired) electrons. The second-order valence-corrected chi connectivity index (χ2v) is 5.93. The molecule has 104 valence electrons. The minimum Gasteiger partial charge on any atom is -0.372 e. The van der Waals surface area contributed by atoms with Crippen LogP contribution in [0.15, 0.2) is 0 Å². The van der Waals surface area contributed by atoms with Crippen LogP contribution in [-0.4, -0.2) is 23.1 Å². The van der Waals surface area contributed by atoms with Gasteiger partial charge in [0, 0.05) is 11.9 Å². The molecule has 0 spiro atoms. The number of hydrogen-bond acceptors (Lipinski definition) is 5. The molecule has 1 N–H and O–H groups in total. The van der Waals surface area contributed by atoms with Gasteiger partial charge in [-0.1, -0.05) is 6.92 Å². The maximum atomic E-state index is 5.71. The Morgan fingerprint density at radius 3 is 2.68 bits per heavy atom. The smallest absolute Gasteiger partial charge is 0.158 e. The zero-order chi connectivity index (χ0) is 14.0. The van der Waals surface area contributed by atoms with Gasteiger partial charge in [-0.3, -0.25) is 0 Å². The molecule has 0 aromatic carbocycles. The Hall–Kier alpha value is -1.20. The first kappa shape index (κ1) is 14.2. The first-order chi connectivity index (χ1) is 9.06. The molecule has 0 aliphatic carbocycles. The molecule has 0 saturated heterocycles. The Bertz CT molecular complexity index is 580. The van der Waals surface area contributed by atoms with Crippen LogP contribution in [-0.2, 0) is 11.3 Å². The molecule has 0 fully saturated rings. The molecule has 2 aromatic rings. The number of ether oxygens (including phenoxy) is 1. The number of thiophene rings is 1. The Kier molecular flexibility index (Phi) is 4.37. The van der Waals surface area contributed by atoms with E-state index in [0.717, 1.165) is 28.3 Å². The molecule has 1 atom stereocenters. The molecule has 2 aromatic heterocycles. The van der Waals surface area contributed by atoms with Crippen molar-refractivity contribution in [3.8, 4) is 0 Å². The van der Waals surface area contributed by atoms with Gasteiger partial charge in [0.1, 0.15) is 17.3 Å². The molecule has 0 saturated carbocycles. The van der Waals surface area contributed by atoms with Gasteiger partial charge in [-0.15, -0.1) is 11.3 Å². The number of rotatable bonds is 5. The van der Waals surface area contributed by atoms with Gasteiger partial charge in [0.05, 0.1) is 11.5 Å². The molecule has 5 heteroatoms. The Morgan fingerprint density at radius 1 is 1.32 bits per heavy atom. The average molecular weight is 279 g/mol. The number of anilines is 1. The number of aromatic nitrogens is 2. The summed E-state index contributed by atoms with van der Waals surface area (Å²) in [7, 11) is 1.90. The highest BCUT2D eigenvalue weighted by atomic mass is 32.1. The van der Waals surface area contributed by atoms with Crippen molar-refractivity contribution in [1.29, 1.82) is 0 Å². The Morgan fingerprint density at radius 2 is 2.05 bits per heavy atom. The molecule has 1 unspecified atom stereocenters. The predicted molar refractivity (Wildman–Crippen MR) is 81.0 cm³/mol. The topological polar surface area (TPSA) is 47.0 Å². The van der Waals surface area contributed by atoms with Crippen molar-refractivity contribution >= 4 is 27.4 Å². The van der Waals surface area contributed by atoms with Crippen LogP contribution in [0.3, 0.4) is 0 Å². The predicted octanol–water partition coefficient (Wildman–Crippen LogP) is 3.66. The van der Waals surface area contributed by atoms with Gasteiger partial charge in [0.25, 0.3) is 0 Å². The van der Waals surface area contributed by atoms with E-state index in [9.17, 15) is 0 Å². The molecular weight excluding hydrogens is 258 g/mol. The molecule has 19 heavy (non-hydrogen) atoms. The highest BCUT2D eigenvalue weighted by Crippen LogP contribution is 2.33. The quantitative estimate of drug-likeness (QED) is 0.907. The van der Waals surface area contributed by atoms with E-state index in [1.165, 1.54) is 10.4 Å². The largest absolute Gasteiger partial charge is 0.372 e. The Labute approximate surface area is 118 Å². The first-order valence-electron chi connectivity index (χ1n) is 6.62. The van der Waals surface area contributed by atoms with Gasteiger partial charge in [0.2, 0.25) is 0 Å². The monoisotopic (exact) mass is 279 g/mol. The third-order valence-electron chi connectivity index (χ3n) is 3.38. The number of fused-ring (bicyclic) bond motifs is 1.